The van der Waals surface area contributed by atoms with Gasteiger partial charge in [0.25, 0.3) is 0 Å². The van der Waals surface area contributed by atoms with Gasteiger partial charge >= 0.3 is 0 Å². The zero-order valence-corrected chi connectivity index (χ0v) is 8.96. The third-order valence-electron chi connectivity index (χ3n) is 2.19. The summed E-state index contributed by atoms with van der Waals surface area (Å²) in [7, 11) is 5.26. The van der Waals surface area contributed by atoms with Crippen molar-refractivity contribution >= 4 is 0 Å². The van der Waals surface area contributed by atoms with Crippen LogP contribution >= 0.6 is 0 Å². The average molecular weight is 204 g/mol. The molecule has 0 saturated carbocycles. The second kappa shape index (κ2) is 6.28. The molecule has 2 atom stereocenters. The van der Waals surface area contributed by atoms with Gasteiger partial charge in [0, 0.05) is 27.3 Å². The van der Waals surface area contributed by atoms with E-state index in [2.05, 4.69) is 21.3 Å². The fraction of sp³-hybridized carbons (Fsp3) is 1.00. The Morgan fingerprint density at radius 2 is 1.79 bits per heavy atom. The molecule has 0 spiro atoms. The predicted molar refractivity (Wildman–Crippen MR) is 53.3 cm³/mol. The first kappa shape index (κ1) is 11.8. The third-order valence-corrected chi connectivity index (χ3v) is 2.19. The molecule has 14 heavy (non-hydrogen) atoms. The number of nitrogens with one attached hydrogen (secondary N) is 4. The van der Waals surface area contributed by atoms with E-state index in [4.69, 9.17) is 9.47 Å². The van der Waals surface area contributed by atoms with Crippen LogP contribution in [0, 0.1) is 0 Å². The number of methoxy groups -OCH3 is 2. The van der Waals surface area contributed by atoms with Crippen LogP contribution in [0.2, 0.25) is 0 Å². The highest BCUT2D eigenvalue weighted by Gasteiger charge is 2.26. The van der Waals surface area contributed by atoms with Crippen molar-refractivity contribution in [2.45, 2.75) is 25.2 Å². The maximum absolute atomic E-state index is 5.24. The summed E-state index contributed by atoms with van der Waals surface area (Å²) in [5.74, 6) is 0. The van der Waals surface area contributed by atoms with Gasteiger partial charge < -0.3 is 14.8 Å². The van der Waals surface area contributed by atoms with E-state index in [0.717, 1.165) is 13.1 Å². The van der Waals surface area contributed by atoms with Crippen LogP contribution in [0.5, 0.6) is 0 Å². The monoisotopic (exact) mass is 204 g/mol. The van der Waals surface area contributed by atoms with Gasteiger partial charge in [0.1, 0.15) is 18.7 Å². The molecule has 4 N–H and O–H groups in total. The molecule has 6 nitrogen and oxygen atoms in total. The van der Waals surface area contributed by atoms with Gasteiger partial charge in [-0.15, -0.1) is 0 Å². The summed E-state index contributed by atoms with van der Waals surface area (Å²) < 4.78 is 10.5. The zero-order chi connectivity index (χ0) is 10.4. The lowest BCUT2D eigenvalue weighted by Crippen LogP contribution is -2.65. The molecule has 0 amide bonds. The fourth-order valence-electron chi connectivity index (χ4n) is 1.40. The maximum atomic E-state index is 5.24. The molecule has 84 valence electrons. The predicted octanol–water partition coefficient (Wildman–Crippen LogP) is -1.44. The number of ether oxygens (including phenoxy) is 2. The van der Waals surface area contributed by atoms with Crippen molar-refractivity contribution in [2.75, 3.05) is 27.9 Å². The van der Waals surface area contributed by atoms with Crippen molar-refractivity contribution in [1.82, 2.24) is 21.3 Å². The molecule has 1 saturated heterocycles. The van der Waals surface area contributed by atoms with Crippen LogP contribution in [-0.4, -0.2) is 46.7 Å². The molecule has 6 heteroatoms. The largest absolute Gasteiger partial charge is 0.366 e. The van der Waals surface area contributed by atoms with E-state index in [0.29, 0.717) is 0 Å². The van der Waals surface area contributed by atoms with Gasteiger partial charge in [-0.05, 0) is 7.05 Å². The Kier molecular flexibility index (Phi) is 5.31. The van der Waals surface area contributed by atoms with Gasteiger partial charge in [0.2, 0.25) is 0 Å². The lowest BCUT2D eigenvalue weighted by Gasteiger charge is -2.36. The molecule has 0 aromatic carbocycles. The molecule has 0 aromatic heterocycles. The lowest BCUT2D eigenvalue weighted by atomic mass is 10.3. The summed E-state index contributed by atoms with van der Waals surface area (Å²) in [6.07, 6.45) is 0.849. The molecule has 1 fully saturated rings. The van der Waals surface area contributed by atoms with Gasteiger partial charge in [-0.2, -0.15) is 0 Å². The van der Waals surface area contributed by atoms with Crippen LogP contribution in [-0.2, 0) is 9.47 Å². The summed E-state index contributed by atoms with van der Waals surface area (Å²) in [6, 6.07) is 0. The average Bonchev–Trinajstić information content (AvgIpc) is 2.25. The van der Waals surface area contributed by atoms with Crippen LogP contribution in [0.25, 0.3) is 0 Å². The highest BCUT2D eigenvalue weighted by atomic mass is 16.5. The quantitative estimate of drug-likeness (QED) is 0.412. The third kappa shape index (κ3) is 3.49. The van der Waals surface area contributed by atoms with Gasteiger partial charge in [-0.1, -0.05) is 0 Å². The highest BCUT2D eigenvalue weighted by molar-refractivity contribution is 4.75. The van der Waals surface area contributed by atoms with Crippen LogP contribution in [0.1, 0.15) is 6.42 Å². The van der Waals surface area contributed by atoms with E-state index in [1.54, 1.807) is 14.2 Å². The molecule has 0 aromatic rings. The van der Waals surface area contributed by atoms with Gasteiger partial charge in [0.05, 0.1) is 0 Å². The van der Waals surface area contributed by atoms with Gasteiger partial charge in [0.15, 0.2) is 0 Å². The zero-order valence-electron chi connectivity index (χ0n) is 8.96. The SMILES string of the molecule is CNCNC1NC(OC)CC(OC)N1. The van der Waals surface area contributed by atoms with Gasteiger partial charge in [-0.25, -0.2) is 0 Å². The van der Waals surface area contributed by atoms with Crippen LogP contribution < -0.4 is 21.3 Å². The smallest absolute Gasteiger partial charge is 0.116 e. The molecule has 1 heterocycles. The van der Waals surface area contributed by atoms with E-state index in [1.807, 2.05) is 7.05 Å². The normalized spacial score (nSPS) is 33.2. The molecule has 1 rings (SSSR count). The molecule has 1 aliphatic heterocycles. The fourth-order valence-corrected chi connectivity index (χ4v) is 1.40. The molecule has 0 radical (unpaired) electrons. The molecule has 2 unspecified atom stereocenters. The lowest BCUT2D eigenvalue weighted by molar-refractivity contribution is -0.0596. The van der Waals surface area contributed by atoms with Crippen molar-refractivity contribution in [2.24, 2.45) is 0 Å². The summed E-state index contributed by atoms with van der Waals surface area (Å²) in [4.78, 5) is 0. The van der Waals surface area contributed by atoms with Crippen molar-refractivity contribution in [3.63, 3.8) is 0 Å². The Morgan fingerprint density at radius 3 is 2.21 bits per heavy atom. The molecule has 0 bridgehead atoms. The molecular weight excluding hydrogens is 184 g/mol. The number of rotatable bonds is 5. The molecule has 1 aliphatic rings. The minimum absolute atomic E-state index is 0.00565. The maximum Gasteiger partial charge on any atom is 0.116 e. The summed E-state index contributed by atoms with van der Waals surface area (Å²) >= 11 is 0. The Balaban J connectivity index is 2.35. The van der Waals surface area contributed by atoms with Crippen molar-refractivity contribution in [3.8, 4) is 0 Å². The Hall–Kier alpha value is -0.240. The summed E-state index contributed by atoms with van der Waals surface area (Å²) in [5.41, 5.74) is 0. The van der Waals surface area contributed by atoms with E-state index >= 15 is 0 Å². The Morgan fingerprint density at radius 1 is 1.21 bits per heavy atom. The first-order valence-corrected chi connectivity index (χ1v) is 4.75. The minimum atomic E-state index is 0.00565. The number of hydrogen-bond donors (Lipinski definition) is 4. The van der Waals surface area contributed by atoms with Crippen molar-refractivity contribution < 1.29 is 9.47 Å². The topological polar surface area (TPSA) is 66.6 Å². The van der Waals surface area contributed by atoms with E-state index in [9.17, 15) is 0 Å². The van der Waals surface area contributed by atoms with Crippen molar-refractivity contribution in [3.05, 3.63) is 0 Å². The minimum Gasteiger partial charge on any atom is -0.366 e. The first-order chi connectivity index (χ1) is 6.80. The summed E-state index contributed by atoms with van der Waals surface area (Å²) in [5, 5.41) is 12.7. The van der Waals surface area contributed by atoms with E-state index < -0.39 is 0 Å². The molecule has 0 aliphatic carbocycles. The first-order valence-electron chi connectivity index (χ1n) is 4.75. The standard InChI is InChI=1S/C8H20N4O2/c1-9-5-10-8-11-6(13-2)4-7(12-8)14-3/h6-12H,4-5H2,1-3H3. The molecular formula is C8H20N4O2. The van der Waals surface area contributed by atoms with Crippen LogP contribution in [0.3, 0.4) is 0 Å². The van der Waals surface area contributed by atoms with E-state index in [-0.39, 0.29) is 18.7 Å². The highest BCUT2D eigenvalue weighted by Crippen LogP contribution is 2.06. The van der Waals surface area contributed by atoms with Crippen LogP contribution in [0.4, 0.5) is 0 Å². The van der Waals surface area contributed by atoms with Gasteiger partial charge in [-0.3, -0.25) is 16.0 Å². The van der Waals surface area contributed by atoms with Crippen LogP contribution in [0.15, 0.2) is 0 Å². The Bertz CT molecular complexity index is 146. The second-order valence-corrected chi connectivity index (χ2v) is 3.19. The second-order valence-electron chi connectivity index (χ2n) is 3.19. The summed E-state index contributed by atoms with van der Waals surface area (Å²) in [6.45, 7) is 0.720. The number of hydrogen-bond acceptors (Lipinski definition) is 6. The Labute approximate surface area is 84.7 Å². The van der Waals surface area contributed by atoms with Crippen molar-refractivity contribution in [1.29, 1.82) is 0 Å². The van der Waals surface area contributed by atoms with E-state index in [1.165, 1.54) is 0 Å².